The van der Waals surface area contributed by atoms with Crippen molar-refractivity contribution in [2.24, 2.45) is 0 Å². The van der Waals surface area contributed by atoms with Crippen LogP contribution in [0.25, 0.3) is 0 Å². The van der Waals surface area contributed by atoms with Gasteiger partial charge in [0.2, 0.25) is 6.23 Å². The fourth-order valence-electron chi connectivity index (χ4n) is 0.811. The number of hydrogen-bond acceptors (Lipinski definition) is 3. The summed E-state index contributed by atoms with van der Waals surface area (Å²) in [7, 11) is 0. The van der Waals surface area contributed by atoms with Crippen LogP contribution in [0.15, 0.2) is 0 Å². The minimum atomic E-state index is -1.29. The molecule has 0 saturated carbocycles. The van der Waals surface area contributed by atoms with E-state index in [0.717, 1.165) is 4.90 Å². The molecule has 3 amide bonds. The minimum absolute atomic E-state index is 0.332. The van der Waals surface area contributed by atoms with Gasteiger partial charge in [0, 0.05) is 6.54 Å². The maximum Gasteiger partial charge on any atom is 0.326 e. The maximum absolute atomic E-state index is 10.7. The molecule has 1 atom stereocenters. The number of rotatable bonds is 1. The highest BCUT2D eigenvalue weighted by atomic mass is 16.3. The molecule has 0 aromatic rings. The average Bonchev–Trinajstić information content (AvgIpc) is 2.09. The van der Waals surface area contributed by atoms with E-state index in [4.69, 9.17) is 5.11 Å². The summed E-state index contributed by atoms with van der Waals surface area (Å²) in [6.07, 6.45) is -1.29. The Morgan fingerprint density at radius 1 is 1.70 bits per heavy atom. The van der Waals surface area contributed by atoms with E-state index in [0.29, 0.717) is 6.54 Å². The molecular weight excluding hydrogens is 136 g/mol. The summed E-state index contributed by atoms with van der Waals surface area (Å²) in [6, 6.07) is -0.528. The first-order valence-corrected chi connectivity index (χ1v) is 2.96. The second kappa shape index (κ2) is 2.26. The number of nitrogens with one attached hydrogen (secondary N) is 1. The molecule has 5 heteroatoms. The third-order valence-electron chi connectivity index (χ3n) is 1.36. The van der Waals surface area contributed by atoms with Gasteiger partial charge in [-0.1, -0.05) is 0 Å². The topological polar surface area (TPSA) is 69.6 Å². The van der Waals surface area contributed by atoms with Crippen LogP contribution < -0.4 is 5.32 Å². The van der Waals surface area contributed by atoms with E-state index in [2.05, 4.69) is 0 Å². The maximum atomic E-state index is 10.7. The summed E-state index contributed by atoms with van der Waals surface area (Å²) in [5.74, 6) is -0.646. The van der Waals surface area contributed by atoms with E-state index in [-0.39, 0.29) is 0 Å². The number of nitrogens with zero attached hydrogens (tertiary/aromatic N) is 1. The van der Waals surface area contributed by atoms with Crippen LogP contribution in [0.3, 0.4) is 0 Å². The van der Waals surface area contributed by atoms with Gasteiger partial charge in [0.1, 0.15) is 0 Å². The van der Waals surface area contributed by atoms with E-state index in [1.54, 1.807) is 6.92 Å². The van der Waals surface area contributed by atoms with Crippen LogP contribution in [0.4, 0.5) is 4.79 Å². The van der Waals surface area contributed by atoms with Crippen LogP contribution in [0.2, 0.25) is 0 Å². The lowest BCUT2D eigenvalue weighted by molar-refractivity contribution is -0.130. The zero-order chi connectivity index (χ0) is 7.72. The SMILES string of the molecule is CCN1C(=O)NC(=O)C1O. The number of aliphatic hydroxyl groups excluding tert-OH is 1. The third kappa shape index (κ3) is 0.841. The monoisotopic (exact) mass is 144 g/mol. The van der Waals surface area contributed by atoms with Crippen molar-refractivity contribution in [3.63, 3.8) is 0 Å². The number of likely N-dealkylation sites (N-methyl/N-ethyl adjacent to an activating group) is 1. The van der Waals surface area contributed by atoms with Gasteiger partial charge in [-0.3, -0.25) is 15.0 Å². The van der Waals surface area contributed by atoms with Gasteiger partial charge in [-0.15, -0.1) is 0 Å². The highest BCUT2D eigenvalue weighted by Crippen LogP contribution is 2.03. The molecule has 0 radical (unpaired) electrons. The molecule has 10 heavy (non-hydrogen) atoms. The first kappa shape index (κ1) is 7.01. The Morgan fingerprint density at radius 2 is 2.30 bits per heavy atom. The Kier molecular flexibility index (Phi) is 1.58. The van der Waals surface area contributed by atoms with Crippen LogP contribution in [0.1, 0.15) is 6.92 Å². The molecule has 1 aliphatic rings. The molecule has 0 aliphatic carbocycles. The van der Waals surface area contributed by atoms with Gasteiger partial charge in [0.25, 0.3) is 5.91 Å². The number of hydrogen-bond donors (Lipinski definition) is 2. The largest absolute Gasteiger partial charge is 0.365 e. The Labute approximate surface area is 57.6 Å². The quantitative estimate of drug-likeness (QED) is 0.458. The molecule has 0 spiro atoms. The van der Waals surface area contributed by atoms with E-state index in [1.807, 2.05) is 5.32 Å². The van der Waals surface area contributed by atoms with E-state index < -0.39 is 18.2 Å². The van der Waals surface area contributed by atoms with Crippen molar-refractivity contribution in [3.05, 3.63) is 0 Å². The van der Waals surface area contributed by atoms with E-state index in [1.165, 1.54) is 0 Å². The van der Waals surface area contributed by atoms with Crippen molar-refractivity contribution in [2.45, 2.75) is 13.2 Å². The van der Waals surface area contributed by atoms with Gasteiger partial charge >= 0.3 is 6.03 Å². The second-order valence-electron chi connectivity index (χ2n) is 1.95. The van der Waals surface area contributed by atoms with E-state index >= 15 is 0 Å². The van der Waals surface area contributed by atoms with Gasteiger partial charge in [-0.2, -0.15) is 0 Å². The van der Waals surface area contributed by atoms with Gasteiger partial charge in [-0.25, -0.2) is 4.79 Å². The standard InChI is InChI=1S/C5H8N2O3/c1-2-7-4(9)3(8)6-5(7)10/h4,9H,2H2,1H3,(H,6,8,10). The number of imide groups is 1. The summed E-state index contributed by atoms with van der Waals surface area (Å²) >= 11 is 0. The summed E-state index contributed by atoms with van der Waals surface area (Å²) < 4.78 is 0. The first-order chi connectivity index (χ1) is 4.66. The predicted molar refractivity (Wildman–Crippen MR) is 31.9 cm³/mol. The van der Waals surface area contributed by atoms with Crippen LogP contribution in [0, 0.1) is 0 Å². The first-order valence-electron chi connectivity index (χ1n) is 2.96. The highest BCUT2D eigenvalue weighted by molar-refractivity contribution is 6.03. The molecule has 0 bridgehead atoms. The Morgan fingerprint density at radius 3 is 2.50 bits per heavy atom. The summed E-state index contributed by atoms with van der Waals surface area (Å²) in [5.41, 5.74) is 0. The van der Waals surface area contributed by atoms with Crippen molar-refractivity contribution in [1.82, 2.24) is 10.2 Å². The van der Waals surface area contributed by atoms with Crippen molar-refractivity contribution < 1.29 is 14.7 Å². The minimum Gasteiger partial charge on any atom is -0.365 e. The lowest BCUT2D eigenvalue weighted by Crippen LogP contribution is -2.34. The molecule has 2 N–H and O–H groups in total. The number of carbonyl (C=O) groups excluding carboxylic acids is 2. The van der Waals surface area contributed by atoms with Crippen molar-refractivity contribution in [2.75, 3.05) is 6.54 Å². The zero-order valence-corrected chi connectivity index (χ0v) is 5.50. The summed E-state index contributed by atoms with van der Waals surface area (Å²) in [4.78, 5) is 22.2. The molecule has 1 fully saturated rings. The smallest absolute Gasteiger partial charge is 0.326 e. The molecule has 1 heterocycles. The summed E-state index contributed by atoms with van der Waals surface area (Å²) in [6.45, 7) is 2.01. The zero-order valence-electron chi connectivity index (χ0n) is 5.50. The van der Waals surface area contributed by atoms with Crippen molar-refractivity contribution in [3.8, 4) is 0 Å². The van der Waals surface area contributed by atoms with Crippen molar-refractivity contribution >= 4 is 11.9 Å². The number of amides is 3. The highest BCUT2D eigenvalue weighted by Gasteiger charge is 2.35. The lowest BCUT2D eigenvalue weighted by Gasteiger charge is -2.13. The number of urea groups is 1. The van der Waals surface area contributed by atoms with Gasteiger partial charge in [-0.05, 0) is 6.92 Å². The Hall–Kier alpha value is -1.10. The van der Waals surface area contributed by atoms with Crippen LogP contribution >= 0.6 is 0 Å². The molecule has 5 nitrogen and oxygen atoms in total. The molecule has 0 aromatic carbocycles. The third-order valence-corrected chi connectivity index (χ3v) is 1.36. The average molecular weight is 144 g/mol. The van der Waals surface area contributed by atoms with Gasteiger partial charge in [0.15, 0.2) is 0 Å². The molecular formula is C5H8N2O3. The molecule has 56 valence electrons. The van der Waals surface area contributed by atoms with Crippen LogP contribution in [0.5, 0.6) is 0 Å². The second-order valence-corrected chi connectivity index (χ2v) is 1.95. The van der Waals surface area contributed by atoms with Crippen LogP contribution in [-0.4, -0.2) is 34.7 Å². The van der Waals surface area contributed by atoms with Gasteiger partial charge in [0.05, 0.1) is 0 Å². The predicted octanol–water partition coefficient (Wildman–Crippen LogP) is -1.12. The number of carbonyl (C=O) groups is 2. The molecule has 1 rings (SSSR count). The van der Waals surface area contributed by atoms with Crippen LogP contribution in [-0.2, 0) is 4.79 Å². The van der Waals surface area contributed by atoms with E-state index in [9.17, 15) is 9.59 Å². The normalized spacial score (nSPS) is 25.4. The fourth-order valence-corrected chi connectivity index (χ4v) is 0.811. The lowest BCUT2D eigenvalue weighted by atomic mass is 10.5. The molecule has 1 unspecified atom stereocenters. The summed E-state index contributed by atoms with van der Waals surface area (Å²) in [5, 5.41) is 10.9. The fraction of sp³-hybridized carbons (Fsp3) is 0.600. The van der Waals surface area contributed by atoms with Crippen molar-refractivity contribution in [1.29, 1.82) is 0 Å². The molecule has 1 saturated heterocycles. The Balaban J connectivity index is 2.73. The Bertz CT molecular complexity index is 180. The van der Waals surface area contributed by atoms with Gasteiger partial charge < -0.3 is 5.11 Å². The molecule has 0 aromatic heterocycles. The number of aliphatic hydroxyl groups is 1. The molecule has 1 aliphatic heterocycles.